The molecule has 2 rings (SSSR count). The van der Waals surface area contributed by atoms with Gasteiger partial charge in [0, 0.05) is 18.0 Å². The molecule has 0 fully saturated rings. The van der Waals surface area contributed by atoms with Crippen molar-refractivity contribution in [2.75, 3.05) is 7.11 Å². The Labute approximate surface area is 112 Å². The molecule has 0 bridgehead atoms. The van der Waals surface area contributed by atoms with Crippen LogP contribution in [0.25, 0.3) is 10.9 Å². The van der Waals surface area contributed by atoms with E-state index in [1.165, 1.54) is 14.0 Å². The average molecular weight is 259 g/mol. The first kappa shape index (κ1) is 13.3. The van der Waals surface area contributed by atoms with E-state index in [9.17, 15) is 9.59 Å². The van der Waals surface area contributed by atoms with Crippen LogP contribution in [0.3, 0.4) is 0 Å². The number of rotatable bonds is 3. The standard InChI is InChI=1S/C15H17NO3/c1-4-6-11-9-13-12(15(18)19-3)7-5-8-14(13)16(11)10(2)17/h5,7-9H,4,6H2,1-3H3. The molecule has 1 aromatic heterocycles. The number of benzene rings is 1. The molecule has 0 unspecified atom stereocenters. The minimum absolute atomic E-state index is 0.0412. The quantitative estimate of drug-likeness (QED) is 0.796. The zero-order valence-electron chi connectivity index (χ0n) is 11.4. The summed E-state index contributed by atoms with van der Waals surface area (Å²) in [5.41, 5.74) is 2.19. The third-order valence-corrected chi connectivity index (χ3v) is 3.15. The highest BCUT2D eigenvalue weighted by Crippen LogP contribution is 2.25. The largest absolute Gasteiger partial charge is 0.465 e. The Morgan fingerprint density at radius 2 is 2.05 bits per heavy atom. The van der Waals surface area contributed by atoms with Gasteiger partial charge in [0.05, 0.1) is 18.2 Å². The van der Waals surface area contributed by atoms with Crippen LogP contribution >= 0.6 is 0 Å². The Morgan fingerprint density at radius 3 is 2.63 bits per heavy atom. The summed E-state index contributed by atoms with van der Waals surface area (Å²) < 4.78 is 6.45. The Kier molecular flexibility index (Phi) is 3.69. The summed E-state index contributed by atoms with van der Waals surface area (Å²) in [5, 5.41) is 0.771. The maximum Gasteiger partial charge on any atom is 0.338 e. The van der Waals surface area contributed by atoms with E-state index < -0.39 is 0 Å². The van der Waals surface area contributed by atoms with Crippen molar-refractivity contribution in [3.63, 3.8) is 0 Å². The van der Waals surface area contributed by atoms with Crippen molar-refractivity contribution >= 4 is 22.8 Å². The van der Waals surface area contributed by atoms with E-state index in [1.54, 1.807) is 16.7 Å². The first-order chi connectivity index (χ1) is 9.10. The summed E-state index contributed by atoms with van der Waals surface area (Å²) in [6.07, 6.45) is 1.74. The summed E-state index contributed by atoms with van der Waals surface area (Å²) in [7, 11) is 1.36. The monoisotopic (exact) mass is 259 g/mol. The molecule has 0 radical (unpaired) electrons. The molecule has 0 aliphatic heterocycles. The molecule has 0 atom stereocenters. The van der Waals surface area contributed by atoms with Crippen LogP contribution in [0.15, 0.2) is 24.3 Å². The third kappa shape index (κ3) is 2.26. The van der Waals surface area contributed by atoms with Crippen LogP contribution in [-0.4, -0.2) is 23.6 Å². The number of esters is 1. The molecule has 0 aliphatic rings. The maximum atomic E-state index is 11.8. The zero-order chi connectivity index (χ0) is 14.0. The molecule has 1 aromatic carbocycles. The summed E-state index contributed by atoms with van der Waals surface area (Å²) in [6, 6.07) is 7.24. The SMILES string of the molecule is CCCc1cc2c(C(=O)OC)cccc2n1C(C)=O. The molecular weight excluding hydrogens is 242 g/mol. The van der Waals surface area contributed by atoms with E-state index in [1.807, 2.05) is 12.1 Å². The van der Waals surface area contributed by atoms with Gasteiger partial charge in [0.1, 0.15) is 0 Å². The average Bonchev–Trinajstić information content (AvgIpc) is 2.76. The number of aryl methyl sites for hydroxylation is 1. The summed E-state index contributed by atoms with van der Waals surface area (Å²) >= 11 is 0. The number of carbonyl (C=O) groups is 2. The van der Waals surface area contributed by atoms with Gasteiger partial charge in [-0.05, 0) is 24.6 Å². The van der Waals surface area contributed by atoms with Gasteiger partial charge >= 0.3 is 5.97 Å². The molecule has 100 valence electrons. The van der Waals surface area contributed by atoms with E-state index in [-0.39, 0.29) is 11.9 Å². The highest BCUT2D eigenvalue weighted by molar-refractivity contribution is 6.06. The van der Waals surface area contributed by atoms with Crippen molar-refractivity contribution in [3.8, 4) is 0 Å². The van der Waals surface area contributed by atoms with Gasteiger partial charge in [-0.25, -0.2) is 4.79 Å². The van der Waals surface area contributed by atoms with Crippen LogP contribution in [0.2, 0.25) is 0 Å². The van der Waals surface area contributed by atoms with E-state index in [0.29, 0.717) is 5.56 Å². The smallest absolute Gasteiger partial charge is 0.338 e. The van der Waals surface area contributed by atoms with E-state index in [0.717, 1.165) is 29.4 Å². The van der Waals surface area contributed by atoms with E-state index >= 15 is 0 Å². The van der Waals surface area contributed by atoms with E-state index in [4.69, 9.17) is 4.74 Å². The van der Waals surface area contributed by atoms with Crippen LogP contribution in [-0.2, 0) is 11.2 Å². The van der Waals surface area contributed by atoms with Gasteiger partial charge in [-0.1, -0.05) is 19.4 Å². The van der Waals surface area contributed by atoms with Gasteiger partial charge in [0.15, 0.2) is 0 Å². The van der Waals surface area contributed by atoms with Crippen molar-refractivity contribution in [2.45, 2.75) is 26.7 Å². The molecule has 0 saturated heterocycles. The highest BCUT2D eigenvalue weighted by atomic mass is 16.5. The molecule has 0 amide bonds. The molecular formula is C15H17NO3. The first-order valence-electron chi connectivity index (χ1n) is 6.32. The van der Waals surface area contributed by atoms with Crippen LogP contribution in [0.1, 0.15) is 41.1 Å². The minimum Gasteiger partial charge on any atom is -0.465 e. The van der Waals surface area contributed by atoms with Gasteiger partial charge < -0.3 is 4.74 Å². The van der Waals surface area contributed by atoms with Crippen LogP contribution in [0.4, 0.5) is 0 Å². The molecule has 1 heterocycles. The molecule has 19 heavy (non-hydrogen) atoms. The summed E-state index contributed by atoms with van der Waals surface area (Å²) in [4.78, 5) is 23.6. The summed E-state index contributed by atoms with van der Waals surface area (Å²) in [5.74, 6) is -0.421. The predicted molar refractivity (Wildman–Crippen MR) is 73.6 cm³/mol. The van der Waals surface area contributed by atoms with Crippen molar-refractivity contribution in [1.29, 1.82) is 0 Å². The number of hydrogen-bond acceptors (Lipinski definition) is 3. The van der Waals surface area contributed by atoms with Gasteiger partial charge in [-0.15, -0.1) is 0 Å². The van der Waals surface area contributed by atoms with Crippen LogP contribution < -0.4 is 0 Å². The Morgan fingerprint density at radius 1 is 1.32 bits per heavy atom. The Bertz CT molecular complexity index is 640. The van der Waals surface area contributed by atoms with E-state index in [2.05, 4.69) is 6.92 Å². The number of fused-ring (bicyclic) bond motifs is 1. The number of carbonyl (C=O) groups excluding carboxylic acids is 2. The fourth-order valence-electron chi connectivity index (χ4n) is 2.39. The van der Waals surface area contributed by atoms with Gasteiger partial charge in [0.25, 0.3) is 0 Å². The minimum atomic E-state index is -0.380. The van der Waals surface area contributed by atoms with Crippen molar-refractivity contribution in [3.05, 3.63) is 35.5 Å². The molecule has 2 aromatic rings. The predicted octanol–water partition coefficient (Wildman–Crippen LogP) is 3.04. The Hall–Kier alpha value is -2.10. The number of ether oxygens (including phenoxy) is 1. The van der Waals surface area contributed by atoms with Gasteiger partial charge in [0.2, 0.25) is 5.91 Å². The second kappa shape index (κ2) is 5.26. The molecule has 0 spiro atoms. The molecule has 4 nitrogen and oxygen atoms in total. The second-order valence-corrected chi connectivity index (χ2v) is 4.47. The topological polar surface area (TPSA) is 48.3 Å². The lowest BCUT2D eigenvalue weighted by Gasteiger charge is -2.05. The first-order valence-corrected chi connectivity index (χ1v) is 6.32. The van der Waals surface area contributed by atoms with Crippen LogP contribution in [0.5, 0.6) is 0 Å². The highest BCUT2D eigenvalue weighted by Gasteiger charge is 2.17. The zero-order valence-corrected chi connectivity index (χ0v) is 11.4. The lowest BCUT2D eigenvalue weighted by Crippen LogP contribution is -2.09. The molecule has 0 saturated carbocycles. The second-order valence-electron chi connectivity index (χ2n) is 4.47. The normalized spacial score (nSPS) is 10.7. The third-order valence-electron chi connectivity index (χ3n) is 3.15. The van der Waals surface area contributed by atoms with Gasteiger partial charge in [-0.2, -0.15) is 0 Å². The van der Waals surface area contributed by atoms with Crippen molar-refractivity contribution in [1.82, 2.24) is 4.57 Å². The number of hydrogen-bond donors (Lipinski definition) is 0. The number of aromatic nitrogens is 1. The number of nitrogens with zero attached hydrogens (tertiary/aromatic N) is 1. The van der Waals surface area contributed by atoms with Gasteiger partial charge in [-0.3, -0.25) is 9.36 Å². The molecule has 0 aliphatic carbocycles. The van der Waals surface area contributed by atoms with Crippen molar-refractivity contribution in [2.24, 2.45) is 0 Å². The maximum absolute atomic E-state index is 11.8. The lowest BCUT2D eigenvalue weighted by molar-refractivity contribution is 0.0602. The molecule has 0 N–H and O–H groups in total. The number of methoxy groups -OCH3 is 1. The fraction of sp³-hybridized carbons (Fsp3) is 0.333. The molecule has 4 heteroatoms. The van der Waals surface area contributed by atoms with Crippen molar-refractivity contribution < 1.29 is 14.3 Å². The Balaban J connectivity index is 2.74. The lowest BCUT2D eigenvalue weighted by atomic mass is 10.1. The van der Waals surface area contributed by atoms with Crippen LogP contribution in [0, 0.1) is 0 Å². The summed E-state index contributed by atoms with van der Waals surface area (Å²) in [6.45, 7) is 3.59. The fourth-order valence-corrected chi connectivity index (χ4v) is 2.39.